The molecule has 182 valence electrons. The maximum absolute atomic E-state index is 12.9. The monoisotopic (exact) mass is 491 g/mol. The lowest BCUT2D eigenvalue weighted by atomic mass is 9.91. The van der Waals surface area contributed by atoms with Gasteiger partial charge >= 0.3 is 6.18 Å². The molecule has 1 saturated carbocycles. The molecular formula is C25H28F3N3O2S. The van der Waals surface area contributed by atoms with Crippen molar-refractivity contribution in [1.82, 2.24) is 14.7 Å². The summed E-state index contributed by atoms with van der Waals surface area (Å²) in [6.45, 7) is 5.97. The lowest BCUT2D eigenvalue weighted by Crippen LogP contribution is -2.50. The Balaban J connectivity index is 1.20. The van der Waals surface area contributed by atoms with Crippen molar-refractivity contribution >= 4 is 9.84 Å². The van der Waals surface area contributed by atoms with Crippen LogP contribution in [0.15, 0.2) is 42.0 Å². The molecule has 0 bridgehead atoms. The van der Waals surface area contributed by atoms with E-state index in [0.717, 1.165) is 43.8 Å². The second-order valence-corrected chi connectivity index (χ2v) is 12.9. The molecule has 9 heteroatoms. The highest BCUT2D eigenvalue weighted by atomic mass is 32.2. The second-order valence-electron chi connectivity index (χ2n) is 10.9. The Labute approximate surface area is 197 Å². The zero-order valence-electron chi connectivity index (χ0n) is 19.2. The van der Waals surface area contributed by atoms with Crippen LogP contribution in [0.1, 0.15) is 49.9 Å². The van der Waals surface area contributed by atoms with Crippen LogP contribution in [0.4, 0.5) is 13.2 Å². The van der Waals surface area contributed by atoms with Crippen molar-refractivity contribution in [3.8, 4) is 11.3 Å². The Morgan fingerprint density at radius 1 is 1.15 bits per heavy atom. The van der Waals surface area contributed by atoms with Gasteiger partial charge in [0.1, 0.15) is 0 Å². The van der Waals surface area contributed by atoms with Crippen molar-refractivity contribution in [3.05, 3.63) is 53.2 Å². The van der Waals surface area contributed by atoms with Gasteiger partial charge in [-0.3, -0.25) is 9.58 Å². The maximum Gasteiger partial charge on any atom is 0.416 e. The molecule has 2 aliphatic heterocycles. The van der Waals surface area contributed by atoms with Gasteiger partial charge in [0.2, 0.25) is 0 Å². The third-order valence-electron chi connectivity index (χ3n) is 8.03. The second kappa shape index (κ2) is 7.20. The van der Waals surface area contributed by atoms with Crippen molar-refractivity contribution < 1.29 is 21.6 Å². The molecule has 4 aliphatic rings. The Kier molecular flexibility index (Phi) is 4.73. The largest absolute Gasteiger partial charge is 0.416 e. The summed E-state index contributed by atoms with van der Waals surface area (Å²) >= 11 is 0. The molecule has 0 radical (unpaired) electrons. The molecule has 3 fully saturated rings. The first kappa shape index (κ1) is 22.3. The molecule has 34 heavy (non-hydrogen) atoms. The number of aromatic nitrogens is 2. The number of sulfone groups is 1. The molecule has 2 aromatic rings. The number of rotatable bonds is 4. The minimum absolute atomic E-state index is 0.0175. The summed E-state index contributed by atoms with van der Waals surface area (Å²) < 4.78 is 64.2. The molecule has 0 N–H and O–H groups in total. The van der Waals surface area contributed by atoms with E-state index >= 15 is 0 Å². The summed E-state index contributed by atoms with van der Waals surface area (Å²) in [7, 11) is -2.82. The molecule has 5 nitrogen and oxygen atoms in total. The molecule has 0 unspecified atom stereocenters. The number of hydrogen-bond acceptors (Lipinski definition) is 4. The molecule has 3 heterocycles. The molecule has 0 amide bonds. The minimum atomic E-state index is -4.35. The first-order valence-corrected chi connectivity index (χ1v) is 13.7. The van der Waals surface area contributed by atoms with Gasteiger partial charge in [0.25, 0.3) is 0 Å². The van der Waals surface area contributed by atoms with E-state index < -0.39 is 21.6 Å². The smallest absolute Gasteiger partial charge is 0.296 e. The van der Waals surface area contributed by atoms with Gasteiger partial charge < -0.3 is 0 Å². The molecule has 1 aromatic heterocycles. The predicted octanol–water partition coefficient (Wildman–Crippen LogP) is 4.68. The summed E-state index contributed by atoms with van der Waals surface area (Å²) in [6.07, 6.45) is 0.0344. The Morgan fingerprint density at radius 3 is 2.41 bits per heavy atom. The van der Waals surface area contributed by atoms with E-state index in [9.17, 15) is 21.6 Å². The normalized spacial score (nSPS) is 29.4. The van der Waals surface area contributed by atoms with Gasteiger partial charge in [0.15, 0.2) is 9.84 Å². The van der Waals surface area contributed by atoms with Gasteiger partial charge in [-0.2, -0.15) is 18.3 Å². The van der Waals surface area contributed by atoms with Crippen LogP contribution in [-0.4, -0.2) is 53.7 Å². The summed E-state index contributed by atoms with van der Waals surface area (Å²) in [4.78, 5) is 2.46. The van der Waals surface area contributed by atoms with Gasteiger partial charge in [0, 0.05) is 41.2 Å². The Morgan fingerprint density at radius 2 is 1.85 bits per heavy atom. The summed E-state index contributed by atoms with van der Waals surface area (Å²) in [5.74, 6) is 1.47. The van der Waals surface area contributed by atoms with E-state index in [0.29, 0.717) is 40.6 Å². The van der Waals surface area contributed by atoms with E-state index in [2.05, 4.69) is 24.8 Å². The number of alkyl halides is 3. The third kappa shape index (κ3) is 3.63. The van der Waals surface area contributed by atoms with Crippen LogP contribution in [0.5, 0.6) is 0 Å². The van der Waals surface area contributed by atoms with E-state index in [1.54, 1.807) is 0 Å². The zero-order chi connectivity index (χ0) is 24.0. The summed E-state index contributed by atoms with van der Waals surface area (Å²) in [5, 5.41) is 4.75. The summed E-state index contributed by atoms with van der Waals surface area (Å²) in [6, 6.07) is 7.76. The van der Waals surface area contributed by atoms with Gasteiger partial charge in [-0.25, -0.2) is 8.42 Å². The van der Waals surface area contributed by atoms with Gasteiger partial charge in [0.05, 0.1) is 22.8 Å². The molecular weight excluding hydrogens is 463 g/mol. The van der Waals surface area contributed by atoms with E-state index in [1.807, 2.05) is 10.7 Å². The van der Waals surface area contributed by atoms with Crippen LogP contribution in [0.25, 0.3) is 11.3 Å². The summed E-state index contributed by atoms with van der Waals surface area (Å²) in [5.41, 5.74) is 3.26. The van der Waals surface area contributed by atoms with Crippen LogP contribution in [0.2, 0.25) is 0 Å². The van der Waals surface area contributed by atoms with Crippen LogP contribution in [0.3, 0.4) is 0 Å². The number of halogens is 3. The number of benzene rings is 1. The van der Waals surface area contributed by atoms with Crippen LogP contribution >= 0.6 is 0 Å². The average molecular weight is 492 g/mol. The highest BCUT2D eigenvalue weighted by molar-refractivity contribution is 7.92. The van der Waals surface area contributed by atoms with Crippen molar-refractivity contribution in [2.45, 2.75) is 50.9 Å². The van der Waals surface area contributed by atoms with Crippen molar-refractivity contribution in [1.29, 1.82) is 0 Å². The molecule has 2 aliphatic carbocycles. The maximum atomic E-state index is 12.9. The van der Waals surface area contributed by atoms with Crippen molar-refractivity contribution in [3.63, 3.8) is 0 Å². The van der Waals surface area contributed by atoms with Crippen molar-refractivity contribution in [2.75, 3.05) is 24.6 Å². The first-order chi connectivity index (χ1) is 15.9. The van der Waals surface area contributed by atoms with E-state index in [1.165, 1.54) is 17.7 Å². The SMILES string of the molecule is CC(C)n1nc(-c2ccc(C(F)(F)F)cc2)cc1[C@@H]1C2=C[C@@H](N3CCC4(C3)CS(=O)(=O)C4)C[C@H]21. The number of fused-ring (bicyclic) bond motifs is 1. The topological polar surface area (TPSA) is 55.2 Å². The average Bonchev–Trinajstić information content (AvgIpc) is 3.18. The number of nitrogens with zero attached hydrogens (tertiary/aromatic N) is 3. The first-order valence-electron chi connectivity index (χ1n) is 11.9. The molecule has 2 saturated heterocycles. The predicted molar refractivity (Wildman–Crippen MR) is 123 cm³/mol. The number of likely N-dealkylation sites (tertiary alicyclic amines) is 1. The van der Waals surface area contributed by atoms with Gasteiger partial charge in [-0.15, -0.1) is 0 Å². The van der Waals surface area contributed by atoms with E-state index in [-0.39, 0.29) is 11.5 Å². The molecule has 3 atom stereocenters. The zero-order valence-corrected chi connectivity index (χ0v) is 20.0. The standard InChI is InChI=1S/C25H28F3N3O2S/c1-15(2)31-22(11-21(29-31)16-3-5-17(6-4-16)25(26,27)28)23-19-9-18(10-20(19)23)30-8-7-24(12-30)13-34(32,33)14-24/h3-6,9,11,15,18,20,23H,7-8,10,12-14H2,1-2H3/t18-,20-,23-/m1/s1. The van der Waals surface area contributed by atoms with Crippen LogP contribution < -0.4 is 0 Å². The number of hydrogen-bond donors (Lipinski definition) is 0. The fourth-order valence-electron chi connectivity index (χ4n) is 6.43. The highest BCUT2D eigenvalue weighted by Crippen LogP contribution is 2.61. The minimum Gasteiger partial charge on any atom is -0.296 e. The van der Waals surface area contributed by atoms with Crippen LogP contribution in [0, 0.1) is 11.3 Å². The third-order valence-corrected chi connectivity index (χ3v) is 10.1. The molecule has 1 spiro atoms. The quantitative estimate of drug-likeness (QED) is 0.583. The Hall–Kier alpha value is -2.13. The highest BCUT2D eigenvalue weighted by Gasteiger charge is 2.56. The fraction of sp³-hybridized carbons (Fsp3) is 0.560. The fourth-order valence-corrected chi connectivity index (χ4v) is 8.68. The van der Waals surface area contributed by atoms with Gasteiger partial charge in [-0.05, 0) is 57.4 Å². The molecule has 1 aromatic carbocycles. The lowest BCUT2D eigenvalue weighted by molar-refractivity contribution is -0.137. The lowest BCUT2D eigenvalue weighted by Gasteiger charge is -2.38. The van der Waals surface area contributed by atoms with Gasteiger partial charge in [-0.1, -0.05) is 23.8 Å². The Bertz CT molecular complexity index is 1270. The number of allylic oxidation sites excluding steroid dienone is 1. The molecule has 6 rings (SSSR count). The van der Waals surface area contributed by atoms with E-state index in [4.69, 9.17) is 5.10 Å². The van der Waals surface area contributed by atoms with Crippen molar-refractivity contribution in [2.24, 2.45) is 11.3 Å². The van der Waals surface area contributed by atoms with Crippen LogP contribution in [-0.2, 0) is 16.0 Å².